The summed E-state index contributed by atoms with van der Waals surface area (Å²) in [5, 5.41) is 2.86. The molecule has 0 aliphatic heterocycles. The van der Waals surface area contributed by atoms with E-state index in [1.807, 2.05) is 0 Å². The average Bonchev–Trinajstić information content (AvgIpc) is 2.29. The molecule has 87 valence electrons. The van der Waals surface area contributed by atoms with Gasteiger partial charge in [-0.05, 0) is 24.3 Å². The first-order valence-electron chi connectivity index (χ1n) is 4.97. The molecule has 0 fully saturated rings. The molecule has 2 rings (SSSR count). The Morgan fingerprint density at radius 1 is 1.00 bits per heavy atom. The van der Waals surface area contributed by atoms with Gasteiger partial charge in [0.1, 0.15) is 0 Å². The highest BCUT2D eigenvalue weighted by Crippen LogP contribution is 2.31. The normalized spacial score (nSPS) is 11.2. The number of alkyl halides is 3. The number of anilines is 2. The zero-order chi connectivity index (χ0) is 12.3. The van der Waals surface area contributed by atoms with Crippen molar-refractivity contribution < 1.29 is 13.2 Å². The van der Waals surface area contributed by atoms with Crippen molar-refractivity contribution in [1.82, 2.24) is 0 Å². The molecule has 0 heterocycles. The van der Waals surface area contributed by atoms with Gasteiger partial charge in [-0.15, -0.1) is 0 Å². The molecule has 0 saturated heterocycles. The van der Waals surface area contributed by atoms with Gasteiger partial charge in [0, 0.05) is 17.4 Å². The first kappa shape index (κ1) is 11.5. The Bertz CT molecular complexity index is 492. The van der Waals surface area contributed by atoms with Crippen LogP contribution in [0.5, 0.6) is 0 Å². The highest BCUT2D eigenvalue weighted by molar-refractivity contribution is 5.59. The number of nitrogens with one attached hydrogen (secondary N) is 1. The van der Waals surface area contributed by atoms with Gasteiger partial charge in [-0.25, -0.2) is 0 Å². The van der Waals surface area contributed by atoms with Crippen molar-refractivity contribution >= 4 is 11.4 Å². The zero-order valence-electron chi connectivity index (χ0n) is 8.75. The van der Waals surface area contributed by atoms with Crippen LogP contribution in [0.1, 0.15) is 5.56 Å². The Morgan fingerprint density at radius 2 is 1.82 bits per heavy atom. The van der Waals surface area contributed by atoms with E-state index < -0.39 is 11.7 Å². The number of rotatable bonds is 2. The Hall–Kier alpha value is -1.97. The summed E-state index contributed by atoms with van der Waals surface area (Å²) >= 11 is 0. The molecule has 0 unspecified atom stereocenters. The number of para-hydroxylation sites is 1. The second-order valence-corrected chi connectivity index (χ2v) is 3.48. The lowest BCUT2D eigenvalue weighted by molar-refractivity contribution is -0.137. The monoisotopic (exact) mass is 236 g/mol. The van der Waals surface area contributed by atoms with Crippen LogP contribution >= 0.6 is 0 Å². The number of halogens is 3. The summed E-state index contributed by atoms with van der Waals surface area (Å²) < 4.78 is 37.4. The smallest absolute Gasteiger partial charge is 0.355 e. The van der Waals surface area contributed by atoms with E-state index in [0.717, 1.165) is 12.1 Å². The van der Waals surface area contributed by atoms with Gasteiger partial charge in [0.2, 0.25) is 0 Å². The Balaban J connectivity index is 2.23. The van der Waals surface area contributed by atoms with Gasteiger partial charge in [-0.1, -0.05) is 24.3 Å². The molecule has 4 heteroatoms. The maximum atomic E-state index is 12.5. The molecule has 0 amide bonds. The maximum Gasteiger partial charge on any atom is 0.416 e. The van der Waals surface area contributed by atoms with Crippen molar-refractivity contribution in [3.8, 4) is 0 Å². The molecule has 17 heavy (non-hydrogen) atoms. The minimum atomic E-state index is -4.32. The first-order valence-corrected chi connectivity index (χ1v) is 4.97. The summed E-state index contributed by atoms with van der Waals surface area (Å²) in [6, 6.07) is 14.9. The van der Waals surface area contributed by atoms with Crippen LogP contribution < -0.4 is 5.32 Å². The van der Waals surface area contributed by atoms with E-state index in [2.05, 4.69) is 11.4 Å². The third kappa shape index (κ3) is 3.00. The molecule has 0 aliphatic rings. The molecule has 0 bridgehead atoms. The van der Waals surface area contributed by atoms with Gasteiger partial charge in [0.25, 0.3) is 0 Å². The van der Waals surface area contributed by atoms with Crippen molar-refractivity contribution in [1.29, 1.82) is 0 Å². The predicted molar refractivity (Wildman–Crippen MR) is 60.0 cm³/mol. The first-order chi connectivity index (χ1) is 8.05. The molecule has 0 aliphatic carbocycles. The largest absolute Gasteiger partial charge is 0.416 e. The molecule has 2 aromatic carbocycles. The number of hydrogen-bond donors (Lipinski definition) is 1. The van der Waals surface area contributed by atoms with E-state index in [0.29, 0.717) is 11.4 Å². The Kier molecular flexibility index (Phi) is 3.04. The van der Waals surface area contributed by atoms with Crippen LogP contribution in [0.4, 0.5) is 24.5 Å². The van der Waals surface area contributed by atoms with E-state index >= 15 is 0 Å². The minimum absolute atomic E-state index is 0.391. The highest BCUT2D eigenvalue weighted by atomic mass is 19.4. The topological polar surface area (TPSA) is 12.0 Å². The van der Waals surface area contributed by atoms with Crippen LogP contribution in [0.3, 0.4) is 0 Å². The highest BCUT2D eigenvalue weighted by Gasteiger charge is 2.30. The van der Waals surface area contributed by atoms with Gasteiger partial charge in [0.05, 0.1) is 5.56 Å². The second kappa shape index (κ2) is 4.49. The van der Waals surface area contributed by atoms with Crippen LogP contribution in [0.2, 0.25) is 0 Å². The van der Waals surface area contributed by atoms with Gasteiger partial charge in [-0.3, -0.25) is 0 Å². The Morgan fingerprint density at radius 3 is 2.47 bits per heavy atom. The van der Waals surface area contributed by atoms with E-state index in [4.69, 9.17) is 0 Å². The van der Waals surface area contributed by atoms with Crippen LogP contribution in [0.15, 0.2) is 48.5 Å². The molecule has 0 spiro atoms. The lowest BCUT2D eigenvalue weighted by Crippen LogP contribution is -2.05. The van der Waals surface area contributed by atoms with Gasteiger partial charge in [-0.2, -0.15) is 13.2 Å². The van der Waals surface area contributed by atoms with Gasteiger partial charge in [0.15, 0.2) is 0 Å². The molecule has 2 aromatic rings. The van der Waals surface area contributed by atoms with Crippen LogP contribution in [0, 0.1) is 6.07 Å². The van der Waals surface area contributed by atoms with Gasteiger partial charge < -0.3 is 5.32 Å². The summed E-state index contributed by atoms with van der Waals surface area (Å²) in [7, 11) is 0. The fourth-order valence-corrected chi connectivity index (χ4v) is 1.40. The number of benzene rings is 2. The fourth-order valence-electron chi connectivity index (χ4n) is 1.40. The third-order valence-corrected chi connectivity index (χ3v) is 2.18. The van der Waals surface area contributed by atoms with E-state index in [1.54, 1.807) is 30.3 Å². The molecule has 0 saturated carbocycles. The fraction of sp³-hybridized carbons (Fsp3) is 0.0769. The van der Waals surface area contributed by atoms with Crippen LogP contribution in [-0.4, -0.2) is 0 Å². The van der Waals surface area contributed by atoms with Crippen molar-refractivity contribution in [2.75, 3.05) is 5.32 Å². The standard InChI is InChI=1S/C13H9F3N/c14-13(15,16)10-5-4-8-12(9-10)17-11-6-2-1-3-7-11/h1-6,8-9,17H. The van der Waals surface area contributed by atoms with Gasteiger partial charge >= 0.3 is 6.18 Å². The number of hydrogen-bond acceptors (Lipinski definition) is 1. The summed E-state index contributed by atoms with van der Waals surface area (Å²) in [6.07, 6.45) is -4.32. The molecule has 1 nitrogen and oxygen atoms in total. The van der Waals surface area contributed by atoms with Crippen molar-refractivity contribution in [3.05, 3.63) is 60.2 Å². The molecular formula is C13H9F3N. The summed E-state index contributed by atoms with van der Waals surface area (Å²) in [4.78, 5) is 0. The van der Waals surface area contributed by atoms with E-state index in [-0.39, 0.29) is 0 Å². The van der Waals surface area contributed by atoms with Crippen molar-refractivity contribution in [3.63, 3.8) is 0 Å². The summed E-state index contributed by atoms with van der Waals surface area (Å²) in [5.74, 6) is 0. The van der Waals surface area contributed by atoms with E-state index in [9.17, 15) is 13.2 Å². The maximum absolute atomic E-state index is 12.5. The lowest BCUT2D eigenvalue weighted by Gasteiger charge is -2.10. The molecule has 0 atom stereocenters. The zero-order valence-corrected chi connectivity index (χ0v) is 8.75. The summed E-state index contributed by atoms with van der Waals surface area (Å²) in [6.45, 7) is 0. The summed E-state index contributed by atoms with van der Waals surface area (Å²) in [5.41, 5.74) is 0.354. The molecule has 0 aromatic heterocycles. The molecule has 1 radical (unpaired) electrons. The predicted octanol–water partition coefficient (Wildman–Crippen LogP) is 4.25. The SMILES string of the molecule is FC(F)(F)c1cccc(Nc2[c]cccc2)c1. The van der Waals surface area contributed by atoms with Crippen molar-refractivity contribution in [2.24, 2.45) is 0 Å². The second-order valence-electron chi connectivity index (χ2n) is 3.48. The minimum Gasteiger partial charge on any atom is -0.355 e. The average molecular weight is 236 g/mol. The Labute approximate surface area is 96.9 Å². The van der Waals surface area contributed by atoms with Crippen LogP contribution in [0.25, 0.3) is 0 Å². The molecular weight excluding hydrogens is 227 g/mol. The quantitative estimate of drug-likeness (QED) is 0.821. The lowest BCUT2D eigenvalue weighted by atomic mass is 10.2. The molecule has 1 N–H and O–H groups in total. The van der Waals surface area contributed by atoms with Crippen LogP contribution in [-0.2, 0) is 6.18 Å². The van der Waals surface area contributed by atoms with Crippen molar-refractivity contribution in [2.45, 2.75) is 6.18 Å². The van der Waals surface area contributed by atoms with E-state index in [1.165, 1.54) is 6.07 Å². The third-order valence-electron chi connectivity index (χ3n) is 2.18.